The van der Waals surface area contributed by atoms with E-state index in [-0.39, 0.29) is 11.4 Å². The van der Waals surface area contributed by atoms with Crippen molar-refractivity contribution in [2.75, 3.05) is 7.11 Å². The Labute approximate surface area is 99.8 Å². The molecule has 0 saturated heterocycles. The molecule has 0 aliphatic carbocycles. The van der Waals surface area contributed by atoms with Crippen molar-refractivity contribution in [2.45, 2.75) is 59.3 Å². The lowest BCUT2D eigenvalue weighted by Gasteiger charge is -2.29. The van der Waals surface area contributed by atoms with Crippen LogP contribution in [0.25, 0.3) is 0 Å². The maximum Gasteiger partial charge on any atom is 0.311 e. The zero-order chi connectivity index (χ0) is 12.4. The molecule has 0 heterocycles. The Morgan fingerprint density at radius 2 is 1.75 bits per heavy atom. The molecule has 0 fully saturated rings. The maximum absolute atomic E-state index is 11.9. The first-order valence-electron chi connectivity index (χ1n) is 6.14. The lowest BCUT2D eigenvalue weighted by molar-refractivity contribution is -0.154. The molecule has 0 aromatic carbocycles. The van der Waals surface area contributed by atoms with Crippen LogP contribution in [0.2, 0.25) is 0 Å². The van der Waals surface area contributed by atoms with Gasteiger partial charge in [-0.3, -0.25) is 4.79 Å². The monoisotopic (exact) mass is 224 g/mol. The molecule has 0 aliphatic rings. The minimum absolute atomic E-state index is 0.0610. The summed E-state index contributed by atoms with van der Waals surface area (Å²) in [7, 11) is 1.48. The fourth-order valence-electron chi connectivity index (χ4n) is 2.28. The molecule has 0 rings (SSSR count). The number of carbonyl (C=O) groups is 1. The summed E-state index contributed by atoms with van der Waals surface area (Å²) in [5, 5.41) is 0. The topological polar surface area (TPSA) is 26.3 Å². The lowest BCUT2D eigenvalue weighted by atomic mass is 9.75. The molecule has 0 radical (unpaired) electrons. The second-order valence-corrected chi connectivity index (χ2v) is 4.20. The summed E-state index contributed by atoms with van der Waals surface area (Å²) in [6, 6.07) is 0. The van der Waals surface area contributed by atoms with Gasteiger partial charge in [0.2, 0.25) is 0 Å². The highest BCUT2D eigenvalue weighted by atomic mass is 16.5. The quantitative estimate of drug-likeness (QED) is 0.488. The van der Waals surface area contributed by atoms with Gasteiger partial charge in [-0.1, -0.05) is 26.7 Å². The van der Waals surface area contributed by atoms with Crippen LogP contribution in [0.15, 0.2) is 0 Å². The maximum atomic E-state index is 11.9. The van der Waals surface area contributed by atoms with E-state index in [4.69, 9.17) is 4.74 Å². The van der Waals surface area contributed by atoms with E-state index in [1.807, 2.05) is 6.92 Å². The number of hydrogen-bond donors (Lipinski definition) is 0. The van der Waals surface area contributed by atoms with Crippen LogP contribution in [0, 0.1) is 17.3 Å². The van der Waals surface area contributed by atoms with Crippen LogP contribution in [-0.2, 0) is 9.53 Å². The summed E-state index contributed by atoms with van der Waals surface area (Å²) in [5.41, 5.74) is -0.303. The number of ether oxygens (including phenoxy) is 1. The van der Waals surface area contributed by atoms with Gasteiger partial charge in [0, 0.05) is 6.42 Å². The number of methoxy groups -OCH3 is 1. The van der Waals surface area contributed by atoms with Gasteiger partial charge in [0.25, 0.3) is 0 Å². The molecular formula is C14H24O2. The first kappa shape index (κ1) is 15.0. The van der Waals surface area contributed by atoms with Gasteiger partial charge in [-0.05, 0) is 26.2 Å². The van der Waals surface area contributed by atoms with Crippen LogP contribution in [0.4, 0.5) is 0 Å². The average molecular weight is 224 g/mol. The standard InChI is InChI=1S/C14H24O2/c1-5-8-9-12-14(10-6-2,11-7-3)13(15)16-4/h6-7,9-12H2,1-4H3. The third-order valence-electron chi connectivity index (χ3n) is 2.98. The Hall–Kier alpha value is -0.970. The largest absolute Gasteiger partial charge is 0.469 e. The molecule has 0 atom stereocenters. The van der Waals surface area contributed by atoms with Gasteiger partial charge >= 0.3 is 5.97 Å². The SMILES string of the molecule is CC#CCCC(CCC)(CCC)C(=O)OC. The number of carbonyl (C=O) groups excluding carboxylic acids is 1. The Bertz CT molecular complexity index is 252. The summed E-state index contributed by atoms with van der Waals surface area (Å²) < 4.78 is 4.96. The molecule has 0 aromatic heterocycles. The number of rotatable bonds is 7. The predicted octanol–water partition coefficient (Wildman–Crippen LogP) is 3.55. The van der Waals surface area contributed by atoms with E-state index in [1.54, 1.807) is 0 Å². The third-order valence-corrected chi connectivity index (χ3v) is 2.98. The molecule has 0 spiro atoms. The van der Waals surface area contributed by atoms with Crippen LogP contribution in [-0.4, -0.2) is 13.1 Å². The molecule has 0 N–H and O–H groups in total. The van der Waals surface area contributed by atoms with Crippen molar-refractivity contribution in [1.82, 2.24) is 0 Å². The highest BCUT2D eigenvalue weighted by molar-refractivity contribution is 5.76. The fraction of sp³-hybridized carbons (Fsp3) is 0.786. The van der Waals surface area contributed by atoms with Crippen molar-refractivity contribution in [2.24, 2.45) is 5.41 Å². The summed E-state index contributed by atoms with van der Waals surface area (Å²) >= 11 is 0. The van der Waals surface area contributed by atoms with Gasteiger partial charge in [0.05, 0.1) is 12.5 Å². The van der Waals surface area contributed by atoms with E-state index in [0.717, 1.165) is 38.5 Å². The van der Waals surface area contributed by atoms with Crippen LogP contribution in [0.3, 0.4) is 0 Å². The third kappa shape index (κ3) is 4.26. The Kier molecular flexibility index (Phi) is 7.72. The minimum atomic E-state index is -0.303. The molecular weight excluding hydrogens is 200 g/mol. The zero-order valence-corrected chi connectivity index (χ0v) is 11.1. The lowest BCUT2D eigenvalue weighted by Crippen LogP contribution is -2.32. The van der Waals surface area contributed by atoms with Gasteiger partial charge in [0.1, 0.15) is 0 Å². The average Bonchev–Trinajstić information content (AvgIpc) is 2.28. The summed E-state index contributed by atoms with van der Waals surface area (Å²) in [6.07, 6.45) is 5.43. The van der Waals surface area contributed by atoms with E-state index in [1.165, 1.54) is 7.11 Å². The second kappa shape index (κ2) is 8.21. The zero-order valence-electron chi connectivity index (χ0n) is 11.1. The van der Waals surface area contributed by atoms with Crippen molar-refractivity contribution >= 4 is 5.97 Å². The Morgan fingerprint density at radius 3 is 2.12 bits per heavy atom. The van der Waals surface area contributed by atoms with Crippen molar-refractivity contribution in [3.63, 3.8) is 0 Å². The molecule has 92 valence electrons. The number of hydrogen-bond acceptors (Lipinski definition) is 2. The van der Waals surface area contributed by atoms with E-state index in [2.05, 4.69) is 25.7 Å². The summed E-state index contributed by atoms with van der Waals surface area (Å²) in [5.74, 6) is 5.86. The molecule has 0 amide bonds. The van der Waals surface area contributed by atoms with E-state index < -0.39 is 0 Å². The van der Waals surface area contributed by atoms with Crippen molar-refractivity contribution in [3.05, 3.63) is 0 Å². The summed E-state index contributed by atoms with van der Waals surface area (Å²) in [4.78, 5) is 11.9. The molecule has 0 unspecified atom stereocenters. The van der Waals surface area contributed by atoms with E-state index in [0.29, 0.717) is 0 Å². The predicted molar refractivity (Wildman–Crippen MR) is 66.9 cm³/mol. The van der Waals surface area contributed by atoms with Gasteiger partial charge in [0.15, 0.2) is 0 Å². The van der Waals surface area contributed by atoms with Crippen LogP contribution >= 0.6 is 0 Å². The minimum Gasteiger partial charge on any atom is -0.469 e. The molecule has 16 heavy (non-hydrogen) atoms. The molecule has 0 aromatic rings. The molecule has 2 heteroatoms. The van der Waals surface area contributed by atoms with Gasteiger partial charge < -0.3 is 4.74 Å². The first-order chi connectivity index (χ1) is 7.66. The van der Waals surface area contributed by atoms with Gasteiger partial charge in [-0.25, -0.2) is 0 Å². The Balaban J connectivity index is 4.74. The van der Waals surface area contributed by atoms with E-state index in [9.17, 15) is 4.79 Å². The van der Waals surface area contributed by atoms with Gasteiger partial charge in [-0.2, -0.15) is 0 Å². The van der Waals surface area contributed by atoms with Crippen molar-refractivity contribution < 1.29 is 9.53 Å². The molecule has 2 nitrogen and oxygen atoms in total. The normalized spacial score (nSPS) is 10.5. The van der Waals surface area contributed by atoms with Crippen molar-refractivity contribution in [1.29, 1.82) is 0 Å². The highest BCUT2D eigenvalue weighted by Crippen LogP contribution is 2.36. The molecule has 0 bridgehead atoms. The Morgan fingerprint density at radius 1 is 1.19 bits per heavy atom. The molecule has 0 saturated carbocycles. The fourth-order valence-corrected chi connectivity index (χ4v) is 2.28. The second-order valence-electron chi connectivity index (χ2n) is 4.20. The van der Waals surface area contributed by atoms with E-state index >= 15 is 0 Å². The van der Waals surface area contributed by atoms with Crippen LogP contribution < -0.4 is 0 Å². The van der Waals surface area contributed by atoms with Crippen molar-refractivity contribution in [3.8, 4) is 11.8 Å². The first-order valence-corrected chi connectivity index (χ1v) is 6.14. The van der Waals surface area contributed by atoms with Crippen LogP contribution in [0.1, 0.15) is 59.3 Å². The smallest absolute Gasteiger partial charge is 0.311 e. The van der Waals surface area contributed by atoms with Gasteiger partial charge in [-0.15, -0.1) is 11.8 Å². The highest BCUT2D eigenvalue weighted by Gasteiger charge is 2.36. The van der Waals surface area contributed by atoms with Crippen LogP contribution in [0.5, 0.6) is 0 Å². The number of esters is 1. The molecule has 0 aliphatic heterocycles. The summed E-state index contributed by atoms with van der Waals surface area (Å²) in [6.45, 7) is 6.05.